The summed E-state index contributed by atoms with van der Waals surface area (Å²) in [7, 11) is 0. The summed E-state index contributed by atoms with van der Waals surface area (Å²) in [6.07, 6.45) is 3.04. The maximum atomic E-state index is 12.0. The number of halogens is 1. The molecule has 0 saturated carbocycles. The Kier molecular flexibility index (Phi) is 4.81. The fourth-order valence-corrected chi connectivity index (χ4v) is 2.29. The van der Waals surface area contributed by atoms with Crippen LogP contribution in [0, 0.1) is 6.92 Å². The van der Waals surface area contributed by atoms with E-state index in [2.05, 4.69) is 36.5 Å². The Balaban J connectivity index is 2.10. The molecule has 2 N–H and O–H groups in total. The number of amides is 1. The van der Waals surface area contributed by atoms with Gasteiger partial charge >= 0.3 is 0 Å². The Bertz CT molecular complexity index is 678. The highest BCUT2D eigenvalue weighted by atomic mass is 79.9. The van der Waals surface area contributed by atoms with E-state index in [0.29, 0.717) is 11.5 Å². The summed E-state index contributed by atoms with van der Waals surface area (Å²) in [4.78, 5) is 20.4. The predicted octanol–water partition coefficient (Wildman–Crippen LogP) is 3.82. The molecule has 0 spiro atoms. The molecule has 0 atom stereocenters. The molecule has 1 amide bonds. The largest absolute Gasteiger partial charge is 0.347 e. The van der Waals surface area contributed by atoms with Crippen LogP contribution in [0.2, 0.25) is 0 Å². The van der Waals surface area contributed by atoms with E-state index >= 15 is 0 Å². The number of hydrogen-bond acceptors (Lipinski definition) is 4. The van der Waals surface area contributed by atoms with E-state index in [4.69, 9.17) is 0 Å². The number of nitrogens with zero attached hydrogens (tertiary/aromatic N) is 2. The third kappa shape index (κ3) is 4.53. The number of aryl methyl sites for hydroxylation is 1. The van der Waals surface area contributed by atoms with Gasteiger partial charge in [-0.1, -0.05) is 15.9 Å². The Morgan fingerprint density at radius 1 is 1.18 bits per heavy atom. The fourth-order valence-electron chi connectivity index (χ4n) is 1.81. The third-order valence-electron chi connectivity index (χ3n) is 2.84. The number of hydrogen-bond donors (Lipinski definition) is 2. The van der Waals surface area contributed by atoms with Gasteiger partial charge in [0.25, 0.3) is 5.91 Å². The molecule has 0 fully saturated rings. The van der Waals surface area contributed by atoms with Crippen molar-refractivity contribution in [1.29, 1.82) is 0 Å². The summed E-state index contributed by atoms with van der Waals surface area (Å²) in [5.41, 5.74) is 2.15. The number of benzene rings is 1. The maximum absolute atomic E-state index is 12.0. The average molecular weight is 363 g/mol. The fraction of sp³-hybridized carbons (Fsp3) is 0.312. The van der Waals surface area contributed by atoms with Crippen molar-refractivity contribution in [1.82, 2.24) is 15.3 Å². The molecule has 22 heavy (non-hydrogen) atoms. The number of aromatic nitrogens is 2. The van der Waals surface area contributed by atoms with Gasteiger partial charge in [-0.15, -0.1) is 0 Å². The molecule has 0 saturated heterocycles. The summed E-state index contributed by atoms with van der Waals surface area (Å²) in [6, 6.07) is 5.90. The van der Waals surface area contributed by atoms with Gasteiger partial charge in [-0.05, 0) is 51.5 Å². The lowest BCUT2D eigenvalue weighted by molar-refractivity contribution is 0.0919. The summed E-state index contributed by atoms with van der Waals surface area (Å²) < 4.78 is 1.02. The number of anilines is 2. The second-order valence-electron chi connectivity index (χ2n) is 6.08. The predicted molar refractivity (Wildman–Crippen MR) is 91.4 cm³/mol. The van der Waals surface area contributed by atoms with Crippen molar-refractivity contribution < 1.29 is 4.79 Å². The first-order valence-electron chi connectivity index (χ1n) is 6.92. The number of nitrogens with one attached hydrogen (secondary N) is 2. The minimum Gasteiger partial charge on any atom is -0.347 e. The van der Waals surface area contributed by atoms with Crippen LogP contribution in [0.4, 0.5) is 11.6 Å². The minimum atomic E-state index is -0.289. The summed E-state index contributed by atoms with van der Waals surface area (Å²) >= 11 is 3.43. The van der Waals surface area contributed by atoms with Gasteiger partial charge in [0, 0.05) is 28.1 Å². The Hall–Kier alpha value is -1.95. The normalized spacial score (nSPS) is 11.1. The molecule has 0 aliphatic carbocycles. The molecule has 6 heteroatoms. The molecular formula is C16H19BrN4O. The Labute approximate surface area is 138 Å². The van der Waals surface area contributed by atoms with Crippen molar-refractivity contribution in [2.75, 3.05) is 5.32 Å². The summed E-state index contributed by atoms with van der Waals surface area (Å²) in [6.45, 7) is 7.78. The molecule has 0 radical (unpaired) electrons. The Morgan fingerprint density at radius 2 is 1.82 bits per heavy atom. The lowest BCUT2D eigenvalue weighted by Gasteiger charge is -2.20. The first-order chi connectivity index (χ1) is 10.2. The van der Waals surface area contributed by atoms with E-state index in [0.717, 1.165) is 15.7 Å². The number of carbonyl (C=O) groups excluding carboxylic acids is 1. The summed E-state index contributed by atoms with van der Waals surface area (Å²) in [5.74, 6) is 0.275. The van der Waals surface area contributed by atoms with Crippen molar-refractivity contribution in [3.8, 4) is 0 Å². The average Bonchev–Trinajstić information content (AvgIpc) is 2.41. The van der Waals surface area contributed by atoms with Gasteiger partial charge < -0.3 is 10.6 Å². The third-order valence-corrected chi connectivity index (χ3v) is 3.33. The van der Waals surface area contributed by atoms with Gasteiger partial charge in [0.15, 0.2) is 0 Å². The molecule has 1 aromatic heterocycles. The first-order valence-corrected chi connectivity index (χ1v) is 7.72. The van der Waals surface area contributed by atoms with Gasteiger partial charge in [0.1, 0.15) is 0 Å². The quantitative estimate of drug-likeness (QED) is 0.870. The van der Waals surface area contributed by atoms with Gasteiger partial charge in [-0.3, -0.25) is 4.79 Å². The molecule has 0 aliphatic rings. The van der Waals surface area contributed by atoms with Crippen LogP contribution in [0.25, 0.3) is 0 Å². The van der Waals surface area contributed by atoms with Crippen LogP contribution in [0.5, 0.6) is 0 Å². The zero-order valence-corrected chi connectivity index (χ0v) is 14.7. The zero-order valence-electron chi connectivity index (χ0n) is 13.1. The maximum Gasteiger partial charge on any atom is 0.254 e. The van der Waals surface area contributed by atoms with E-state index in [-0.39, 0.29) is 11.4 Å². The van der Waals surface area contributed by atoms with Gasteiger partial charge in [0.2, 0.25) is 5.95 Å². The van der Waals surface area contributed by atoms with Crippen LogP contribution >= 0.6 is 15.9 Å². The van der Waals surface area contributed by atoms with E-state index in [9.17, 15) is 4.79 Å². The monoisotopic (exact) mass is 362 g/mol. The van der Waals surface area contributed by atoms with E-state index < -0.39 is 0 Å². The van der Waals surface area contributed by atoms with E-state index in [1.54, 1.807) is 0 Å². The molecular weight excluding hydrogens is 344 g/mol. The SMILES string of the molecule is Cc1cc(Br)ccc1Nc1ncc(C(=O)NC(C)(C)C)cn1. The van der Waals surface area contributed by atoms with Gasteiger partial charge in [-0.2, -0.15) is 0 Å². The smallest absolute Gasteiger partial charge is 0.254 e. The minimum absolute atomic E-state index is 0.182. The van der Waals surface area contributed by atoms with E-state index in [1.807, 2.05) is 45.9 Å². The second kappa shape index (κ2) is 6.44. The first kappa shape index (κ1) is 16.4. The summed E-state index contributed by atoms with van der Waals surface area (Å²) in [5, 5.41) is 6.01. The van der Waals surface area contributed by atoms with Gasteiger partial charge in [-0.25, -0.2) is 9.97 Å². The van der Waals surface area contributed by atoms with Crippen LogP contribution in [0.15, 0.2) is 35.1 Å². The van der Waals surface area contributed by atoms with Crippen LogP contribution in [0.1, 0.15) is 36.7 Å². The highest BCUT2D eigenvalue weighted by Crippen LogP contribution is 2.22. The van der Waals surface area contributed by atoms with Crippen molar-refractivity contribution >= 4 is 33.5 Å². The topological polar surface area (TPSA) is 66.9 Å². The zero-order chi connectivity index (χ0) is 16.3. The Morgan fingerprint density at radius 3 is 2.36 bits per heavy atom. The van der Waals surface area contributed by atoms with Crippen molar-refractivity contribution in [3.63, 3.8) is 0 Å². The lowest BCUT2D eigenvalue weighted by atomic mass is 10.1. The van der Waals surface area contributed by atoms with Crippen molar-refractivity contribution in [3.05, 3.63) is 46.2 Å². The molecule has 2 aromatic rings. The molecule has 1 heterocycles. The van der Waals surface area contributed by atoms with Gasteiger partial charge in [0.05, 0.1) is 5.56 Å². The van der Waals surface area contributed by atoms with Crippen LogP contribution < -0.4 is 10.6 Å². The van der Waals surface area contributed by atoms with Crippen LogP contribution in [-0.2, 0) is 0 Å². The van der Waals surface area contributed by atoms with Crippen molar-refractivity contribution in [2.24, 2.45) is 0 Å². The molecule has 0 unspecified atom stereocenters. The highest BCUT2D eigenvalue weighted by Gasteiger charge is 2.15. The molecule has 0 bridgehead atoms. The van der Waals surface area contributed by atoms with Crippen LogP contribution in [0.3, 0.4) is 0 Å². The lowest BCUT2D eigenvalue weighted by Crippen LogP contribution is -2.40. The standard InChI is InChI=1S/C16H19BrN4O/c1-10-7-12(17)5-6-13(10)20-15-18-8-11(9-19-15)14(22)21-16(2,3)4/h5-9H,1-4H3,(H,21,22)(H,18,19,20). The van der Waals surface area contributed by atoms with Crippen LogP contribution in [-0.4, -0.2) is 21.4 Å². The number of rotatable bonds is 3. The molecule has 5 nitrogen and oxygen atoms in total. The van der Waals surface area contributed by atoms with E-state index in [1.165, 1.54) is 12.4 Å². The second-order valence-corrected chi connectivity index (χ2v) is 7.00. The molecule has 1 aromatic carbocycles. The number of carbonyl (C=O) groups is 1. The highest BCUT2D eigenvalue weighted by molar-refractivity contribution is 9.10. The molecule has 116 valence electrons. The molecule has 2 rings (SSSR count). The molecule has 0 aliphatic heterocycles. The van der Waals surface area contributed by atoms with Crippen molar-refractivity contribution in [2.45, 2.75) is 33.2 Å².